The lowest BCUT2D eigenvalue weighted by atomic mass is 9.90. The molecule has 1 aliphatic carbocycles. The molecule has 3 atom stereocenters. The number of nitrogens with one attached hydrogen (secondary N) is 1. The van der Waals surface area contributed by atoms with E-state index in [2.05, 4.69) is 31.0 Å². The summed E-state index contributed by atoms with van der Waals surface area (Å²) >= 11 is 0. The minimum absolute atomic E-state index is 0.722. The van der Waals surface area contributed by atoms with Gasteiger partial charge in [0.1, 0.15) is 0 Å². The molecule has 0 aromatic heterocycles. The Bertz CT molecular complexity index is 246. The highest BCUT2D eigenvalue weighted by Crippen LogP contribution is 2.30. The quantitative estimate of drug-likeness (QED) is 0.791. The molecule has 1 saturated carbocycles. The smallest absolute Gasteiger partial charge is 0.00680 e. The number of likely N-dealkylation sites (tertiary alicyclic amines) is 1. The number of hydrogen-bond acceptors (Lipinski definition) is 2. The monoisotopic (exact) mass is 266 g/mol. The molecule has 1 heterocycles. The fourth-order valence-corrected chi connectivity index (χ4v) is 4.02. The van der Waals surface area contributed by atoms with Crippen LogP contribution in [0.4, 0.5) is 0 Å². The molecule has 0 aromatic rings. The van der Waals surface area contributed by atoms with E-state index >= 15 is 0 Å². The van der Waals surface area contributed by atoms with Gasteiger partial charge in [-0.1, -0.05) is 20.3 Å². The molecule has 1 aliphatic heterocycles. The van der Waals surface area contributed by atoms with Crippen molar-refractivity contribution >= 4 is 0 Å². The third kappa shape index (κ3) is 4.75. The normalized spacial score (nSPS) is 31.7. The minimum Gasteiger partial charge on any atom is -0.314 e. The van der Waals surface area contributed by atoms with Crippen molar-refractivity contribution in [2.75, 3.05) is 26.2 Å². The average Bonchev–Trinajstić information content (AvgIpc) is 2.83. The maximum atomic E-state index is 3.84. The Morgan fingerprint density at radius 2 is 1.89 bits per heavy atom. The van der Waals surface area contributed by atoms with Crippen molar-refractivity contribution in [1.29, 1.82) is 0 Å². The van der Waals surface area contributed by atoms with E-state index in [4.69, 9.17) is 0 Å². The molecule has 1 saturated heterocycles. The molecule has 2 heteroatoms. The molecule has 2 fully saturated rings. The molecule has 2 nitrogen and oxygen atoms in total. The van der Waals surface area contributed by atoms with Crippen LogP contribution in [0.25, 0.3) is 0 Å². The van der Waals surface area contributed by atoms with Gasteiger partial charge in [0.2, 0.25) is 0 Å². The fraction of sp³-hybridized carbons (Fsp3) is 1.00. The van der Waals surface area contributed by atoms with Crippen molar-refractivity contribution < 1.29 is 0 Å². The molecule has 112 valence electrons. The largest absolute Gasteiger partial charge is 0.314 e. The van der Waals surface area contributed by atoms with Crippen LogP contribution in [0, 0.1) is 17.8 Å². The van der Waals surface area contributed by atoms with Crippen LogP contribution in [0.3, 0.4) is 0 Å². The highest BCUT2D eigenvalue weighted by Gasteiger charge is 2.25. The lowest BCUT2D eigenvalue weighted by Gasteiger charge is -2.35. The van der Waals surface area contributed by atoms with Gasteiger partial charge in [0.25, 0.3) is 0 Å². The third-order valence-electron chi connectivity index (χ3n) is 5.41. The summed E-state index contributed by atoms with van der Waals surface area (Å²) in [6.45, 7) is 12.3. The lowest BCUT2D eigenvalue weighted by Crippen LogP contribution is -2.43. The van der Waals surface area contributed by atoms with Crippen LogP contribution < -0.4 is 5.32 Å². The van der Waals surface area contributed by atoms with Crippen LogP contribution >= 0.6 is 0 Å². The Morgan fingerprint density at radius 3 is 2.47 bits per heavy atom. The molecule has 0 radical (unpaired) electrons. The Labute approximate surface area is 120 Å². The summed E-state index contributed by atoms with van der Waals surface area (Å²) in [6, 6.07) is 0.722. The van der Waals surface area contributed by atoms with Crippen LogP contribution in [-0.2, 0) is 0 Å². The van der Waals surface area contributed by atoms with Gasteiger partial charge in [0.15, 0.2) is 0 Å². The summed E-state index contributed by atoms with van der Waals surface area (Å²) in [5, 5.41) is 3.84. The SMILES string of the molecule is CCCN1CCC(C(C)NCC2CCC(C)C2)CC1. The second-order valence-electron chi connectivity index (χ2n) is 7.16. The summed E-state index contributed by atoms with van der Waals surface area (Å²) in [5.41, 5.74) is 0. The van der Waals surface area contributed by atoms with Crippen LogP contribution in [-0.4, -0.2) is 37.1 Å². The van der Waals surface area contributed by atoms with Gasteiger partial charge in [-0.05, 0) is 83.0 Å². The summed E-state index contributed by atoms with van der Waals surface area (Å²) in [4.78, 5) is 2.64. The van der Waals surface area contributed by atoms with E-state index < -0.39 is 0 Å². The third-order valence-corrected chi connectivity index (χ3v) is 5.41. The van der Waals surface area contributed by atoms with Gasteiger partial charge in [-0.2, -0.15) is 0 Å². The summed E-state index contributed by atoms with van der Waals surface area (Å²) in [6.07, 6.45) is 8.46. The summed E-state index contributed by atoms with van der Waals surface area (Å²) < 4.78 is 0. The molecule has 0 amide bonds. The predicted molar refractivity (Wildman–Crippen MR) is 83.4 cm³/mol. The van der Waals surface area contributed by atoms with E-state index in [1.807, 2.05) is 0 Å². The standard InChI is InChI=1S/C17H34N2/c1-4-9-19-10-7-17(8-11-19)15(3)18-13-16-6-5-14(2)12-16/h14-18H,4-13H2,1-3H3. The van der Waals surface area contributed by atoms with Crippen LogP contribution in [0.15, 0.2) is 0 Å². The van der Waals surface area contributed by atoms with Gasteiger partial charge in [-0.25, -0.2) is 0 Å². The molecule has 1 N–H and O–H groups in total. The Morgan fingerprint density at radius 1 is 1.16 bits per heavy atom. The Hall–Kier alpha value is -0.0800. The van der Waals surface area contributed by atoms with Crippen molar-refractivity contribution in [2.24, 2.45) is 17.8 Å². The average molecular weight is 266 g/mol. The van der Waals surface area contributed by atoms with Gasteiger partial charge in [0, 0.05) is 6.04 Å². The molecule has 0 bridgehead atoms. The number of rotatable bonds is 6. The molecular formula is C17H34N2. The number of piperidine rings is 1. The molecule has 19 heavy (non-hydrogen) atoms. The summed E-state index contributed by atoms with van der Waals surface area (Å²) in [7, 11) is 0. The topological polar surface area (TPSA) is 15.3 Å². The summed E-state index contributed by atoms with van der Waals surface area (Å²) in [5.74, 6) is 2.84. The highest BCUT2D eigenvalue weighted by atomic mass is 15.1. The Balaban J connectivity index is 1.62. The van der Waals surface area contributed by atoms with E-state index in [0.29, 0.717) is 0 Å². The second kappa shape index (κ2) is 7.64. The van der Waals surface area contributed by atoms with E-state index in [1.165, 1.54) is 64.7 Å². The van der Waals surface area contributed by atoms with Crippen molar-refractivity contribution in [2.45, 2.75) is 65.3 Å². The first-order valence-electron chi connectivity index (χ1n) is 8.64. The minimum atomic E-state index is 0.722. The van der Waals surface area contributed by atoms with E-state index in [9.17, 15) is 0 Å². The highest BCUT2D eigenvalue weighted by molar-refractivity contribution is 4.81. The van der Waals surface area contributed by atoms with E-state index in [1.54, 1.807) is 0 Å². The second-order valence-corrected chi connectivity index (χ2v) is 7.16. The van der Waals surface area contributed by atoms with Crippen molar-refractivity contribution in [3.8, 4) is 0 Å². The fourth-order valence-electron chi connectivity index (χ4n) is 4.02. The zero-order chi connectivity index (χ0) is 13.7. The predicted octanol–water partition coefficient (Wildman–Crippen LogP) is 3.52. The zero-order valence-electron chi connectivity index (χ0n) is 13.3. The van der Waals surface area contributed by atoms with E-state index in [-0.39, 0.29) is 0 Å². The number of hydrogen-bond donors (Lipinski definition) is 1. The zero-order valence-corrected chi connectivity index (χ0v) is 13.3. The molecule has 3 unspecified atom stereocenters. The molecular weight excluding hydrogens is 232 g/mol. The van der Waals surface area contributed by atoms with Crippen molar-refractivity contribution in [1.82, 2.24) is 10.2 Å². The first-order chi connectivity index (χ1) is 9.19. The number of nitrogens with zero attached hydrogens (tertiary/aromatic N) is 1. The molecule has 2 aliphatic rings. The van der Waals surface area contributed by atoms with Crippen molar-refractivity contribution in [3.05, 3.63) is 0 Å². The lowest BCUT2D eigenvalue weighted by molar-refractivity contribution is 0.161. The molecule has 0 spiro atoms. The first kappa shape index (κ1) is 15.3. The maximum Gasteiger partial charge on any atom is 0.00680 e. The van der Waals surface area contributed by atoms with Gasteiger partial charge in [0.05, 0.1) is 0 Å². The van der Waals surface area contributed by atoms with Gasteiger partial charge < -0.3 is 10.2 Å². The molecule has 0 aromatic carbocycles. The van der Waals surface area contributed by atoms with E-state index in [0.717, 1.165) is 23.8 Å². The van der Waals surface area contributed by atoms with Crippen LogP contribution in [0.2, 0.25) is 0 Å². The van der Waals surface area contributed by atoms with Gasteiger partial charge in [-0.3, -0.25) is 0 Å². The van der Waals surface area contributed by atoms with Gasteiger partial charge >= 0.3 is 0 Å². The van der Waals surface area contributed by atoms with Crippen molar-refractivity contribution in [3.63, 3.8) is 0 Å². The van der Waals surface area contributed by atoms with Crippen LogP contribution in [0.5, 0.6) is 0 Å². The maximum absolute atomic E-state index is 3.84. The first-order valence-corrected chi connectivity index (χ1v) is 8.64. The Kier molecular flexibility index (Phi) is 6.15. The van der Waals surface area contributed by atoms with Crippen LogP contribution in [0.1, 0.15) is 59.3 Å². The molecule has 2 rings (SSSR count). The van der Waals surface area contributed by atoms with Gasteiger partial charge in [-0.15, -0.1) is 0 Å².